The fourth-order valence-corrected chi connectivity index (χ4v) is 3.81. The number of hydrogen-bond acceptors (Lipinski definition) is 5. The molecule has 10 nitrogen and oxygen atoms in total. The zero-order valence-corrected chi connectivity index (χ0v) is 18.3. The van der Waals surface area contributed by atoms with Crippen molar-refractivity contribution in [3.8, 4) is 6.07 Å². The molecule has 32 heavy (non-hydrogen) atoms. The van der Waals surface area contributed by atoms with Crippen molar-refractivity contribution < 1.29 is 19.2 Å². The van der Waals surface area contributed by atoms with E-state index >= 15 is 0 Å². The van der Waals surface area contributed by atoms with Gasteiger partial charge in [-0.2, -0.15) is 5.26 Å². The van der Waals surface area contributed by atoms with Crippen molar-refractivity contribution in [3.05, 3.63) is 35.4 Å². The summed E-state index contributed by atoms with van der Waals surface area (Å²) in [4.78, 5) is 53.8. The van der Waals surface area contributed by atoms with Crippen molar-refractivity contribution in [2.45, 2.75) is 44.8 Å². The number of piperidine rings is 1. The highest BCUT2D eigenvalue weighted by Gasteiger charge is 2.39. The second-order valence-corrected chi connectivity index (χ2v) is 8.25. The molecule has 5 amide bonds. The van der Waals surface area contributed by atoms with Gasteiger partial charge in [-0.3, -0.25) is 14.4 Å². The van der Waals surface area contributed by atoms with E-state index in [-0.39, 0.29) is 37.5 Å². The molecule has 0 aromatic heterocycles. The average molecular weight is 441 g/mol. The standard InChI is InChI=1S/C22H28N6O4/c1-14(2)25-22(32)28-11-10-27(21(31)16-7-5-15(12-23)6-8-16)13-18(28)20(30)26-17-4-3-9-24-19(17)29/h5-8,14,17-18H,3-4,9-11,13H2,1-2H3,(H,24,29)(H,25,32)(H,26,30). The van der Waals surface area contributed by atoms with E-state index < -0.39 is 24.0 Å². The SMILES string of the molecule is CC(C)NC(=O)N1CCN(C(=O)c2ccc(C#N)cc2)CC1C(=O)NC1CCCNC1=O. The minimum atomic E-state index is -0.931. The Morgan fingerprint density at radius 1 is 1.19 bits per heavy atom. The Morgan fingerprint density at radius 3 is 2.53 bits per heavy atom. The summed E-state index contributed by atoms with van der Waals surface area (Å²) in [6.45, 7) is 4.66. The highest BCUT2D eigenvalue weighted by molar-refractivity contribution is 5.96. The van der Waals surface area contributed by atoms with Crippen molar-refractivity contribution in [1.29, 1.82) is 5.26 Å². The summed E-state index contributed by atoms with van der Waals surface area (Å²) in [6, 6.07) is 6.18. The molecule has 2 aliphatic heterocycles. The largest absolute Gasteiger partial charge is 0.354 e. The number of amides is 5. The Hall–Kier alpha value is -3.61. The highest BCUT2D eigenvalue weighted by Crippen LogP contribution is 2.16. The van der Waals surface area contributed by atoms with E-state index in [0.717, 1.165) is 6.42 Å². The van der Waals surface area contributed by atoms with Gasteiger partial charge in [0.05, 0.1) is 18.2 Å². The molecule has 10 heteroatoms. The summed E-state index contributed by atoms with van der Waals surface area (Å²) in [6.07, 6.45) is 1.28. The van der Waals surface area contributed by atoms with E-state index in [2.05, 4.69) is 16.0 Å². The van der Waals surface area contributed by atoms with Gasteiger partial charge in [0, 0.05) is 31.2 Å². The van der Waals surface area contributed by atoms with Gasteiger partial charge >= 0.3 is 6.03 Å². The number of nitrogens with one attached hydrogen (secondary N) is 3. The van der Waals surface area contributed by atoms with Crippen molar-refractivity contribution >= 4 is 23.8 Å². The van der Waals surface area contributed by atoms with Crippen LogP contribution in [0.4, 0.5) is 4.79 Å². The molecule has 2 unspecified atom stereocenters. The molecule has 1 aromatic carbocycles. The van der Waals surface area contributed by atoms with Gasteiger partial charge in [0.25, 0.3) is 5.91 Å². The first kappa shape index (κ1) is 23.1. The molecule has 0 radical (unpaired) electrons. The third-order valence-corrected chi connectivity index (χ3v) is 5.51. The van der Waals surface area contributed by atoms with Crippen LogP contribution in [0.15, 0.2) is 24.3 Å². The second kappa shape index (κ2) is 10.1. The third-order valence-electron chi connectivity index (χ3n) is 5.51. The first-order valence-electron chi connectivity index (χ1n) is 10.7. The van der Waals surface area contributed by atoms with Gasteiger partial charge in [0.15, 0.2) is 0 Å². The molecule has 0 saturated carbocycles. The summed E-state index contributed by atoms with van der Waals surface area (Å²) < 4.78 is 0. The molecule has 2 atom stereocenters. The molecule has 0 aliphatic carbocycles. The van der Waals surface area contributed by atoms with E-state index in [4.69, 9.17) is 5.26 Å². The van der Waals surface area contributed by atoms with Crippen LogP contribution in [0, 0.1) is 11.3 Å². The maximum Gasteiger partial charge on any atom is 0.318 e. The molecule has 170 valence electrons. The van der Waals surface area contributed by atoms with Crippen LogP contribution >= 0.6 is 0 Å². The lowest BCUT2D eigenvalue weighted by molar-refractivity contribution is -0.133. The number of rotatable bonds is 4. The fraction of sp³-hybridized carbons (Fsp3) is 0.500. The first-order valence-corrected chi connectivity index (χ1v) is 10.7. The molecule has 3 N–H and O–H groups in total. The van der Waals surface area contributed by atoms with Crippen molar-refractivity contribution in [2.24, 2.45) is 0 Å². The van der Waals surface area contributed by atoms with Crippen LogP contribution in [0.2, 0.25) is 0 Å². The molecule has 1 aromatic rings. The molecule has 3 rings (SSSR count). The summed E-state index contributed by atoms with van der Waals surface area (Å²) >= 11 is 0. The quantitative estimate of drug-likeness (QED) is 0.615. The highest BCUT2D eigenvalue weighted by atomic mass is 16.2. The summed E-state index contributed by atoms with van der Waals surface area (Å²) in [7, 11) is 0. The number of benzene rings is 1. The normalized spacial score (nSPS) is 20.9. The van der Waals surface area contributed by atoms with Crippen LogP contribution in [-0.2, 0) is 9.59 Å². The fourth-order valence-electron chi connectivity index (χ4n) is 3.81. The van der Waals surface area contributed by atoms with Gasteiger partial charge in [0.1, 0.15) is 12.1 Å². The number of carbonyl (C=O) groups is 4. The number of piperazine rings is 1. The smallest absolute Gasteiger partial charge is 0.318 e. The molecule has 2 fully saturated rings. The van der Waals surface area contributed by atoms with Gasteiger partial charge in [-0.1, -0.05) is 0 Å². The van der Waals surface area contributed by atoms with Gasteiger partial charge in [-0.15, -0.1) is 0 Å². The Morgan fingerprint density at radius 2 is 1.91 bits per heavy atom. The maximum atomic E-state index is 13.1. The van der Waals surface area contributed by atoms with Gasteiger partial charge in [-0.05, 0) is 51.0 Å². The maximum absolute atomic E-state index is 13.1. The molecule has 2 aliphatic rings. The van der Waals surface area contributed by atoms with Crippen LogP contribution in [0.5, 0.6) is 0 Å². The zero-order chi connectivity index (χ0) is 23.3. The lowest BCUT2D eigenvalue weighted by Crippen LogP contribution is -2.65. The second-order valence-electron chi connectivity index (χ2n) is 8.25. The number of carbonyl (C=O) groups excluding carboxylic acids is 4. The van der Waals surface area contributed by atoms with Crippen LogP contribution in [0.25, 0.3) is 0 Å². The predicted molar refractivity (Wildman–Crippen MR) is 115 cm³/mol. The number of hydrogen-bond donors (Lipinski definition) is 3. The Labute approximate surface area is 186 Å². The van der Waals surface area contributed by atoms with Gasteiger partial charge in [0.2, 0.25) is 11.8 Å². The molecule has 0 bridgehead atoms. The van der Waals surface area contributed by atoms with Gasteiger partial charge in [-0.25, -0.2) is 4.79 Å². The summed E-state index contributed by atoms with van der Waals surface area (Å²) in [5.74, 6) is -1.00. The van der Waals surface area contributed by atoms with Crippen LogP contribution in [0.1, 0.15) is 42.6 Å². The van der Waals surface area contributed by atoms with E-state index in [0.29, 0.717) is 24.1 Å². The van der Waals surface area contributed by atoms with Crippen molar-refractivity contribution in [2.75, 3.05) is 26.2 Å². The monoisotopic (exact) mass is 440 g/mol. The molecular formula is C22H28N6O4. The topological polar surface area (TPSA) is 135 Å². The lowest BCUT2D eigenvalue weighted by Gasteiger charge is -2.41. The Balaban J connectivity index is 1.77. The molecule has 2 heterocycles. The molecular weight excluding hydrogens is 412 g/mol. The van der Waals surface area contributed by atoms with Crippen LogP contribution in [0.3, 0.4) is 0 Å². The Bertz CT molecular complexity index is 923. The van der Waals surface area contributed by atoms with Crippen LogP contribution in [-0.4, -0.2) is 77.9 Å². The van der Waals surface area contributed by atoms with Crippen molar-refractivity contribution in [3.63, 3.8) is 0 Å². The number of urea groups is 1. The average Bonchev–Trinajstić information content (AvgIpc) is 2.79. The molecule has 0 spiro atoms. The minimum Gasteiger partial charge on any atom is -0.354 e. The van der Waals surface area contributed by atoms with Crippen LogP contribution < -0.4 is 16.0 Å². The van der Waals surface area contributed by atoms with Crippen molar-refractivity contribution in [1.82, 2.24) is 25.8 Å². The minimum absolute atomic E-state index is 0.00449. The van der Waals surface area contributed by atoms with E-state index in [1.807, 2.05) is 19.9 Å². The summed E-state index contributed by atoms with van der Waals surface area (Å²) in [5.41, 5.74) is 0.842. The van der Waals surface area contributed by atoms with E-state index in [1.165, 1.54) is 9.80 Å². The molecule has 2 saturated heterocycles. The van der Waals surface area contributed by atoms with E-state index in [1.54, 1.807) is 24.3 Å². The third kappa shape index (κ3) is 5.35. The predicted octanol–water partition coefficient (Wildman–Crippen LogP) is 0.197. The summed E-state index contributed by atoms with van der Waals surface area (Å²) in [5, 5.41) is 17.2. The lowest BCUT2D eigenvalue weighted by atomic mass is 10.0. The van der Waals surface area contributed by atoms with E-state index in [9.17, 15) is 19.2 Å². The number of nitrogens with zero attached hydrogens (tertiary/aromatic N) is 3. The first-order chi connectivity index (χ1) is 15.3. The zero-order valence-electron chi connectivity index (χ0n) is 18.3. The number of nitriles is 1. The Kier molecular flexibility index (Phi) is 7.30. The van der Waals surface area contributed by atoms with Gasteiger partial charge < -0.3 is 25.8 Å².